The van der Waals surface area contributed by atoms with Crippen LogP contribution in [0.25, 0.3) is 0 Å². The van der Waals surface area contributed by atoms with E-state index < -0.39 is 23.8 Å². The topological polar surface area (TPSA) is 51.2 Å². The first-order valence-corrected chi connectivity index (χ1v) is 15.5. The molecule has 1 radical (unpaired) electrons. The Morgan fingerprint density at radius 2 is 1.54 bits per heavy atom. The average molecular weight is 444 g/mol. The summed E-state index contributed by atoms with van der Waals surface area (Å²) in [6.45, 7) is 9.59. The second kappa shape index (κ2) is 12.8. The van der Waals surface area contributed by atoms with E-state index in [0.717, 1.165) is 11.8 Å². The minimum absolute atomic E-state index is 0.232. The van der Waals surface area contributed by atoms with Crippen molar-refractivity contribution < 1.29 is 30.6 Å². The first kappa shape index (κ1) is 22.5. The Kier molecular flexibility index (Phi) is 12.0. The molecule has 0 aliphatic heterocycles. The molecule has 0 spiro atoms. The fraction of sp³-hybridized carbons (Fsp3) is 0.222. The molecule has 0 heterocycles. The van der Waals surface area contributed by atoms with Crippen molar-refractivity contribution in [3.8, 4) is 0 Å². The Labute approximate surface area is 153 Å². The van der Waals surface area contributed by atoms with Crippen LogP contribution in [0.5, 0.6) is 0 Å². The van der Waals surface area contributed by atoms with Crippen LogP contribution in [0.4, 0.5) is 0 Å². The molecule has 129 valence electrons. The van der Waals surface area contributed by atoms with E-state index >= 15 is 0 Å². The Hall–Kier alpha value is -1.54. The van der Waals surface area contributed by atoms with E-state index in [1.807, 2.05) is 42.5 Å². The molecule has 24 heavy (non-hydrogen) atoms. The fourth-order valence-corrected chi connectivity index (χ4v) is 5.48. The van der Waals surface area contributed by atoms with Gasteiger partial charge in [-0.2, -0.15) is 18.2 Å². The predicted molar refractivity (Wildman–Crippen MR) is 99.8 cm³/mol. The maximum Gasteiger partial charge on any atom is -0.172 e. The van der Waals surface area contributed by atoms with Gasteiger partial charge in [0.2, 0.25) is 0 Å². The maximum absolute atomic E-state index is 10.5. The normalized spacial score (nSPS) is 9.54. The largest absolute Gasteiger partial charge is 0.214 e. The van der Waals surface area contributed by atoms with Gasteiger partial charge in [0, 0.05) is 13.9 Å². The number of carbonyl (C=O) groups is 1. The molecule has 2 aromatic carbocycles. The van der Waals surface area contributed by atoms with Gasteiger partial charge in [-0.15, -0.1) is 0 Å². The van der Waals surface area contributed by atoms with Crippen LogP contribution in [-0.2, 0) is 25.8 Å². The van der Waals surface area contributed by atoms with Crippen LogP contribution in [0.2, 0.25) is 26.2 Å². The summed E-state index contributed by atoms with van der Waals surface area (Å²) in [7, 11) is -1.44. The molecule has 0 aromatic heterocycles. The molecule has 6 heteroatoms. The van der Waals surface area contributed by atoms with Gasteiger partial charge in [0.15, 0.2) is 0 Å². The molecule has 0 N–H and O–H groups in total. The van der Waals surface area contributed by atoms with Gasteiger partial charge in [-0.1, -0.05) is 55.6 Å². The zero-order chi connectivity index (χ0) is 18.4. The summed E-state index contributed by atoms with van der Waals surface area (Å²) in [4.78, 5) is 28.6. The van der Waals surface area contributed by atoms with Crippen LogP contribution in [0.15, 0.2) is 54.6 Å². The summed E-state index contributed by atoms with van der Waals surface area (Å²) in [5.74, 6) is 0. The smallest absolute Gasteiger partial charge is 0.172 e. The number of hydrogen-bond acceptors (Lipinski definition) is 3. The van der Waals surface area contributed by atoms with Crippen molar-refractivity contribution in [1.82, 2.24) is 0 Å². The summed E-state index contributed by atoms with van der Waals surface area (Å²) >= 11 is -0.842. The zero-order valence-corrected chi connectivity index (χ0v) is 18.1. The third-order valence-electron chi connectivity index (χ3n) is 3.65. The molecule has 0 saturated carbocycles. The summed E-state index contributed by atoms with van der Waals surface area (Å²) in [6, 6.07) is 18.1. The summed E-state index contributed by atoms with van der Waals surface area (Å²) < 4.78 is 2.87. The Morgan fingerprint density at radius 3 is 1.79 bits per heavy atom. The molecular weight excluding hydrogens is 421 g/mol. The van der Waals surface area contributed by atoms with Crippen molar-refractivity contribution in [3.63, 3.8) is 0 Å². The molecule has 0 aliphatic carbocycles. The average Bonchev–Trinajstić information content (AvgIpc) is 3.16. The van der Waals surface area contributed by atoms with Gasteiger partial charge < -0.3 is 0 Å². The van der Waals surface area contributed by atoms with E-state index in [1.54, 1.807) is 0 Å². The monoisotopic (exact) mass is 444 g/mol. The van der Waals surface area contributed by atoms with Gasteiger partial charge in [-0.25, -0.2) is 12.1 Å². The second-order valence-electron chi connectivity index (χ2n) is 5.56. The summed E-state index contributed by atoms with van der Waals surface area (Å²) in [5, 5.41) is 1.47. The molecule has 2 rings (SSSR count). The van der Waals surface area contributed by atoms with Crippen molar-refractivity contribution >= 4 is 36.3 Å². The standard InChI is InChI=1S/C11H17OSi2.C5H5.2CO.Ru/c1-13(2)14(3,4)11-7-5-10(9-12)6-8-11;1-2-4-5-3-1;2*1-2;/h5-9H,1-4H3;1-5H;;;/q;-1;;;. The van der Waals surface area contributed by atoms with Gasteiger partial charge in [-0.3, -0.25) is 4.79 Å². The van der Waals surface area contributed by atoms with Gasteiger partial charge in [0.1, 0.15) is 6.29 Å². The van der Waals surface area contributed by atoms with Crippen LogP contribution < -0.4 is 5.19 Å². The van der Waals surface area contributed by atoms with Crippen molar-refractivity contribution in [2.24, 2.45) is 0 Å². The third kappa shape index (κ3) is 8.93. The Morgan fingerprint density at radius 1 is 1.04 bits per heavy atom. The maximum atomic E-state index is 10.5. The number of aldehydes is 1. The van der Waals surface area contributed by atoms with Crippen molar-refractivity contribution in [2.45, 2.75) is 26.2 Å². The van der Waals surface area contributed by atoms with E-state index in [0.29, 0.717) is 0 Å². The molecule has 2 aromatic rings. The molecule has 0 aliphatic rings. The number of benzene rings is 1. The third-order valence-corrected chi connectivity index (χ3v) is 16.6. The molecule has 3 nitrogen and oxygen atoms in total. The predicted octanol–water partition coefficient (Wildman–Crippen LogP) is 2.86. The summed E-state index contributed by atoms with van der Waals surface area (Å²) in [6.07, 6.45) is 0.905. The van der Waals surface area contributed by atoms with Gasteiger partial charge in [-0.05, 0) is 0 Å². The Balaban J connectivity index is 0.000000431. The number of carbonyl (C=O) groups excluding carboxylic acids is 3. The van der Waals surface area contributed by atoms with Gasteiger partial charge in [0.25, 0.3) is 0 Å². The molecule has 0 fully saturated rings. The summed E-state index contributed by atoms with van der Waals surface area (Å²) in [5.41, 5.74) is 0.777. The van der Waals surface area contributed by atoms with Crippen LogP contribution in [-0.4, -0.2) is 31.1 Å². The number of rotatable bonds is 3. The zero-order valence-electron chi connectivity index (χ0n) is 14.4. The van der Waals surface area contributed by atoms with Gasteiger partial charge >= 0.3 is 34.8 Å². The molecule has 0 atom stereocenters. The first-order valence-electron chi connectivity index (χ1n) is 7.27. The van der Waals surface area contributed by atoms with E-state index in [2.05, 4.69) is 38.3 Å². The van der Waals surface area contributed by atoms with Crippen LogP contribution >= 0.6 is 0 Å². The Bertz CT molecular complexity index is 661. The number of hydrogen-bond donors (Lipinski definition) is 0. The van der Waals surface area contributed by atoms with E-state index in [9.17, 15) is 4.79 Å². The van der Waals surface area contributed by atoms with Crippen LogP contribution in [0, 0.1) is 0 Å². The molecule has 0 unspecified atom stereocenters. The molecule has 0 amide bonds. The van der Waals surface area contributed by atoms with E-state index in [-0.39, 0.29) is 8.31 Å². The second-order valence-corrected chi connectivity index (χ2v) is 19.3. The quantitative estimate of drug-likeness (QED) is 0.416. The van der Waals surface area contributed by atoms with Crippen molar-refractivity contribution in [1.29, 1.82) is 0 Å². The SMILES string of the molecule is C[Si](C)[Si](C)(C)c1ccc(C=O)cc1.O=[C]=[Ru]=[C]=O.c1cc[cH-]c1. The molecular formula is C18H22O3RuSi2-. The van der Waals surface area contributed by atoms with Crippen LogP contribution in [0.3, 0.4) is 0 Å². The minimum Gasteiger partial charge on any atom is -0.214 e. The first-order chi connectivity index (χ1) is 11.4. The van der Waals surface area contributed by atoms with Crippen LogP contribution in [0.1, 0.15) is 10.4 Å². The molecule has 0 saturated heterocycles. The molecule has 0 bridgehead atoms. The van der Waals surface area contributed by atoms with Gasteiger partial charge in [0.05, 0.1) is 7.59 Å². The van der Waals surface area contributed by atoms with E-state index in [1.165, 1.54) is 14.1 Å². The van der Waals surface area contributed by atoms with E-state index in [4.69, 9.17) is 9.59 Å². The fourth-order valence-electron chi connectivity index (χ4n) is 1.60. The van der Waals surface area contributed by atoms with Crippen molar-refractivity contribution in [3.05, 3.63) is 60.2 Å². The van der Waals surface area contributed by atoms with Crippen molar-refractivity contribution in [2.75, 3.05) is 0 Å². The minimum atomic E-state index is -1.21.